The number of ether oxygens (including phenoxy) is 2. The minimum absolute atomic E-state index is 0.0155. The van der Waals surface area contributed by atoms with Gasteiger partial charge in [-0.3, -0.25) is 9.59 Å². The molecule has 0 aliphatic heterocycles. The van der Waals surface area contributed by atoms with E-state index in [4.69, 9.17) is 9.47 Å². The van der Waals surface area contributed by atoms with Gasteiger partial charge < -0.3 is 19.7 Å². The van der Waals surface area contributed by atoms with Gasteiger partial charge in [0.25, 0.3) is 0 Å². The molecule has 0 atom stereocenters. The summed E-state index contributed by atoms with van der Waals surface area (Å²) in [4.78, 5) is 25.8. The summed E-state index contributed by atoms with van der Waals surface area (Å²) in [5.41, 5.74) is 0.949. The molecule has 30 heavy (non-hydrogen) atoms. The van der Waals surface area contributed by atoms with Crippen molar-refractivity contribution in [2.45, 2.75) is 28.6 Å². The van der Waals surface area contributed by atoms with E-state index >= 15 is 0 Å². The Labute approximate surface area is 189 Å². The molecule has 164 valence electrons. The average Bonchev–Trinajstić information content (AvgIpc) is 3.22. The third kappa shape index (κ3) is 7.69. The molecular weight excluding hydrogens is 444 g/mol. The molecule has 2 aromatic rings. The Morgan fingerprint density at radius 1 is 1.10 bits per heavy atom. The number of carbonyl (C=O) groups is 2. The molecule has 0 aliphatic carbocycles. The van der Waals surface area contributed by atoms with Gasteiger partial charge in [0.1, 0.15) is 0 Å². The molecule has 1 aromatic carbocycles. The zero-order valence-corrected chi connectivity index (χ0v) is 19.9. The van der Waals surface area contributed by atoms with Crippen molar-refractivity contribution < 1.29 is 19.1 Å². The summed E-state index contributed by atoms with van der Waals surface area (Å²) in [6, 6.07) is 5.59. The first-order chi connectivity index (χ1) is 14.5. The van der Waals surface area contributed by atoms with Gasteiger partial charge in [-0.2, -0.15) is 0 Å². The van der Waals surface area contributed by atoms with Crippen LogP contribution in [0.2, 0.25) is 0 Å². The van der Waals surface area contributed by atoms with Crippen LogP contribution in [-0.2, 0) is 16.1 Å². The lowest BCUT2D eigenvalue weighted by Gasteiger charge is -2.18. The Kier molecular flexibility index (Phi) is 10.2. The summed E-state index contributed by atoms with van der Waals surface area (Å²) in [5, 5.41) is 11.0. The second-order valence-electron chi connectivity index (χ2n) is 6.20. The van der Waals surface area contributed by atoms with Crippen LogP contribution in [-0.4, -0.2) is 66.2 Å². The molecule has 0 bridgehead atoms. The van der Waals surface area contributed by atoms with Gasteiger partial charge in [-0.25, -0.2) is 0 Å². The van der Waals surface area contributed by atoms with Gasteiger partial charge in [0, 0.05) is 20.1 Å². The molecule has 0 radical (unpaired) electrons. The normalized spacial score (nSPS) is 10.5. The number of thioether (sulfide) groups is 2. The number of hydrogen-bond donors (Lipinski definition) is 1. The van der Waals surface area contributed by atoms with E-state index < -0.39 is 0 Å². The van der Waals surface area contributed by atoms with E-state index in [1.165, 1.54) is 34.9 Å². The maximum Gasteiger partial charge on any atom is 0.233 e. The minimum atomic E-state index is -0.0156. The highest BCUT2D eigenvalue weighted by Crippen LogP contribution is 2.30. The van der Waals surface area contributed by atoms with Crippen molar-refractivity contribution >= 4 is 46.7 Å². The van der Waals surface area contributed by atoms with Gasteiger partial charge in [-0.05, 0) is 24.1 Å². The molecule has 0 spiro atoms. The van der Waals surface area contributed by atoms with E-state index in [9.17, 15) is 9.59 Å². The van der Waals surface area contributed by atoms with Crippen LogP contribution in [0.25, 0.3) is 0 Å². The SMILES string of the molecule is CCCNC(=O)CSc1nnc(SCC(=O)N(C)Cc2ccc(OC)c(OC)c2)s1. The molecule has 1 heterocycles. The van der Waals surface area contributed by atoms with Crippen molar-refractivity contribution in [3.63, 3.8) is 0 Å². The molecule has 11 heteroatoms. The third-order valence-electron chi connectivity index (χ3n) is 3.90. The number of carbonyl (C=O) groups excluding carboxylic acids is 2. The van der Waals surface area contributed by atoms with Crippen LogP contribution in [0.5, 0.6) is 11.5 Å². The van der Waals surface area contributed by atoms with E-state index in [0.717, 1.165) is 16.3 Å². The van der Waals surface area contributed by atoms with E-state index in [1.807, 2.05) is 25.1 Å². The summed E-state index contributed by atoms with van der Waals surface area (Å²) in [6.45, 7) is 3.15. The van der Waals surface area contributed by atoms with Gasteiger partial charge in [0.05, 0.1) is 25.7 Å². The number of nitrogens with one attached hydrogen (secondary N) is 1. The Morgan fingerprint density at radius 3 is 2.40 bits per heavy atom. The Hall–Kier alpha value is -1.98. The van der Waals surface area contributed by atoms with Gasteiger partial charge in [-0.15, -0.1) is 10.2 Å². The highest BCUT2D eigenvalue weighted by atomic mass is 32.2. The second kappa shape index (κ2) is 12.7. The first-order valence-corrected chi connectivity index (χ1v) is 12.1. The lowest BCUT2D eigenvalue weighted by atomic mass is 10.2. The lowest BCUT2D eigenvalue weighted by Crippen LogP contribution is -2.27. The molecule has 0 fully saturated rings. The minimum Gasteiger partial charge on any atom is -0.493 e. The molecule has 1 aromatic heterocycles. The zero-order valence-electron chi connectivity index (χ0n) is 17.5. The first kappa shape index (κ1) is 24.3. The van der Waals surface area contributed by atoms with Crippen molar-refractivity contribution in [1.82, 2.24) is 20.4 Å². The fourth-order valence-corrected chi connectivity index (χ4v) is 5.12. The number of benzene rings is 1. The monoisotopic (exact) mass is 470 g/mol. The maximum absolute atomic E-state index is 12.5. The van der Waals surface area contributed by atoms with Crippen LogP contribution in [0.15, 0.2) is 26.9 Å². The van der Waals surface area contributed by atoms with Gasteiger partial charge in [-0.1, -0.05) is 47.9 Å². The second-order valence-corrected chi connectivity index (χ2v) is 9.62. The lowest BCUT2D eigenvalue weighted by molar-refractivity contribution is -0.127. The predicted octanol–water partition coefficient (Wildman–Crippen LogP) is 2.92. The van der Waals surface area contributed by atoms with Crippen LogP contribution < -0.4 is 14.8 Å². The Morgan fingerprint density at radius 2 is 1.77 bits per heavy atom. The quantitative estimate of drug-likeness (QED) is 0.473. The number of nitrogens with zero attached hydrogens (tertiary/aromatic N) is 3. The van der Waals surface area contributed by atoms with E-state index in [2.05, 4.69) is 15.5 Å². The molecule has 1 N–H and O–H groups in total. The van der Waals surface area contributed by atoms with Crippen LogP contribution in [0.3, 0.4) is 0 Å². The van der Waals surface area contributed by atoms with Crippen molar-refractivity contribution in [2.75, 3.05) is 39.3 Å². The molecule has 0 saturated carbocycles. The zero-order chi connectivity index (χ0) is 21.9. The number of aromatic nitrogens is 2. The van der Waals surface area contributed by atoms with Crippen LogP contribution in [0, 0.1) is 0 Å². The summed E-state index contributed by atoms with van der Waals surface area (Å²) in [5.74, 6) is 1.83. The molecule has 2 rings (SSSR count). The number of amides is 2. The standard InChI is InChI=1S/C19H26N4O4S3/c1-5-8-20-16(24)11-28-18-21-22-19(30-18)29-12-17(25)23(2)10-13-6-7-14(26-3)15(9-13)27-4/h6-7,9H,5,8,10-12H2,1-4H3,(H,20,24). The molecule has 0 aliphatic rings. The fourth-order valence-electron chi connectivity index (χ4n) is 2.33. The van der Waals surface area contributed by atoms with Crippen molar-refractivity contribution in [3.05, 3.63) is 23.8 Å². The molecule has 2 amide bonds. The van der Waals surface area contributed by atoms with Crippen LogP contribution >= 0.6 is 34.9 Å². The molecular formula is C19H26N4O4S3. The number of methoxy groups -OCH3 is 2. The van der Waals surface area contributed by atoms with Crippen LogP contribution in [0.1, 0.15) is 18.9 Å². The topological polar surface area (TPSA) is 93.7 Å². The molecule has 0 saturated heterocycles. The predicted molar refractivity (Wildman–Crippen MR) is 121 cm³/mol. The van der Waals surface area contributed by atoms with Gasteiger partial charge in [0.2, 0.25) is 11.8 Å². The summed E-state index contributed by atoms with van der Waals surface area (Å²) in [6.07, 6.45) is 0.907. The summed E-state index contributed by atoms with van der Waals surface area (Å²) >= 11 is 4.08. The number of rotatable bonds is 12. The Bertz CT molecular complexity index is 847. The molecule has 0 unspecified atom stereocenters. The fraction of sp³-hybridized carbons (Fsp3) is 0.474. The van der Waals surface area contributed by atoms with E-state index in [0.29, 0.717) is 34.7 Å². The van der Waals surface area contributed by atoms with Gasteiger partial charge >= 0.3 is 0 Å². The number of hydrogen-bond acceptors (Lipinski definition) is 9. The van der Waals surface area contributed by atoms with E-state index in [-0.39, 0.29) is 17.6 Å². The van der Waals surface area contributed by atoms with Crippen LogP contribution in [0.4, 0.5) is 0 Å². The largest absolute Gasteiger partial charge is 0.493 e. The van der Waals surface area contributed by atoms with Crippen molar-refractivity contribution in [3.8, 4) is 11.5 Å². The average molecular weight is 471 g/mol. The highest BCUT2D eigenvalue weighted by Gasteiger charge is 2.14. The third-order valence-corrected chi connectivity index (χ3v) is 7.07. The first-order valence-electron chi connectivity index (χ1n) is 9.27. The van der Waals surface area contributed by atoms with Crippen molar-refractivity contribution in [2.24, 2.45) is 0 Å². The summed E-state index contributed by atoms with van der Waals surface area (Å²) < 4.78 is 12.0. The Balaban J connectivity index is 1.80. The van der Waals surface area contributed by atoms with Crippen molar-refractivity contribution in [1.29, 1.82) is 0 Å². The molecule has 8 nitrogen and oxygen atoms in total. The highest BCUT2D eigenvalue weighted by molar-refractivity contribution is 8.03. The smallest absolute Gasteiger partial charge is 0.233 e. The maximum atomic E-state index is 12.5. The summed E-state index contributed by atoms with van der Waals surface area (Å²) in [7, 11) is 4.93. The van der Waals surface area contributed by atoms with E-state index in [1.54, 1.807) is 26.2 Å². The van der Waals surface area contributed by atoms with Gasteiger partial charge in [0.15, 0.2) is 20.2 Å².